The van der Waals surface area contributed by atoms with Gasteiger partial charge in [-0.1, -0.05) is 41.9 Å². The van der Waals surface area contributed by atoms with Gasteiger partial charge in [0.15, 0.2) is 11.6 Å². The van der Waals surface area contributed by atoms with Crippen LogP contribution in [0, 0.1) is 11.7 Å². The van der Waals surface area contributed by atoms with Crippen LogP contribution in [0.25, 0.3) is 0 Å². The summed E-state index contributed by atoms with van der Waals surface area (Å²) in [5, 5.41) is 40.9. The second-order valence-corrected chi connectivity index (χ2v) is 10.9. The molecule has 0 aromatic heterocycles. The van der Waals surface area contributed by atoms with Gasteiger partial charge in [0.05, 0.1) is 12.7 Å². The van der Waals surface area contributed by atoms with Crippen molar-refractivity contribution in [3.63, 3.8) is 0 Å². The molecule has 0 amide bonds. The first-order chi connectivity index (χ1) is 18.2. The van der Waals surface area contributed by atoms with Gasteiger partial charge in [-0.05, 0) is 55.2 Å². The molecule has 3 aliphatic rings. The number of hydrogen-bond donors (Lipinski definition) is 4. The average molecular weight is 547 g/mol. The molecule has 5 rings (SSSR count). The summed E-state index contributed by atoms with van der Waals surface area (Å²) >= 11 is 6.49. The molecular formula is C29H32ClFO7. The number of allylic oxidation sites excluding steroid dienone is 3. The maximum Gasteiger partial charge on any atom is 0.165 e. The Balaban J connectivity index is 1.19. The minimum absolute atomic E-state index is 0.267. The van der Waals surface area contributed by atoms with Crippen molar-refractivity contribution in [2.24, 2.45) is 5.92 Å². The molecule has 9 heteroatoms. The lowest BCUT2D eigenvalue weighted by atomic mass is 9.81. The molecule has 2 aromatic carbocycles. The van der Waals surface area contributed by atoms with Gasteiger partial charge in [0.1, 0.15) is 42.4 Å². The summed E-state index contributed by atoms with van der Waals surface area (Å²) in [6.07, 6.45) is -0.654. The van der Waals surface area contributed by atoms with E-state index >= 15 is 0 Å². The van der Waals surface area contributed by atoms with Crippen molar-refractivity contribution >= 4 is 11.6 Å². The molecule has 2 aromatic rings. The summed E-state index contributed by atoms with van der Waals surface area (Å²) < 4.78 is 31.6. The molecule has 7 nitrogen and oxygen atoms in total. The SMILES string of the molecule is CC1(COc2ccc(CC3=C(Cl)C=CC([C@@H]4O[C@H](CO)[C@@H](O)[C@H](O)[C@H]4O)C3)cc2)Cc2cccc(F)c2O1. The number of benzene rings is 2. The molecule has 0 bridgehead atoms. The third-order valence-corrected chi connectivity index (χ3v) is 7.90. The Kier molecular flexibility index (Phi) is 7.82. The number of hydrogen-bond acceptors (Lipinski definition) is 7. The number of halogens is 2. The topological polar surface area (TPSA) is 109 Å². The lowest BCUT2D eigenvalue weighted by Crippen LogP contribution is -2.60. The summed E-state index contributed by atoms with van der Waals surface area (Å²) in [6, 6.07) is 12.5. The van der Waals surface area contributed by atoms with Gasteiger partial charge in [0.2, 0.25) is 0 Å². The van der Waals surface area contributed by atoms with Crippen molar-refractivity contribution in [3.8, 4) is 11.5 Å². The molecule has 0 saturated carbocycles. The summed E-state index contributed by atoms with van der Waals surface area (Å²) in [4.78, 5) is 0. The van der Waals surface area contributed by atoms with Gasteiger partial charge in [-0.15, -0.1) is 0 Å². The van der Waals surface area contributed by atoms with Crippen molar-refractivity contribution in [3.05, 3.63) is 82.2 Å². The summed E-state index contributed by atoms with van der Waals surface area (Å²) in [6.45, 7) is 1.70. The summed E-state index contributed by atoms with van der Waals surface area (Å²) in [7, 11) is 0. The Morgan fingerprint density at radius 3 is 2.55 bits per heavy atom. The zero-order valence-corrected chi connectivity index (χ0v) is 21.7. The fourth-order valence-corrected chi connectivity index (χ4v) is 5.62. The highest BCUT2D eigenvalue weighted by molar-refractivity contribution is 6.31. The van der Waals surface area contributed by atoms with E-state index in [-0.39, 0.29) is 18.3 Å². The Morgan fingerprint density at radius 2 is 1.84 bits per heavy atom. The standard InChI is InChI=1S/C29H32ClFO7/c1-29(13-18-3-2-4-22(31)27(18)38-29)15-36-20-8-5-16(6-9-20)11-19-12-17(7-10-21(19)30)28-26(35)25(34)24(33)23(14-32)37-28/h2-10,17,23-26,28,32-35H,11-15H2,1H3/t17?,23-,24-,25+,26-,28+,29?/m1/s1. The van der Waals surface area contributed by atoms with E-state index in [1.54, 1.807) is 12.1 Å². The van der Waals surface area contributed by atoms with E-state index in [1.807, 2.05) is 43.3 Å². The zero-order valence-electron chi connectivity index (χ0n) is 21.0. The molecule has 38 heavy (non-hydrogen) atoms. The quantitative estimate of drug-likeness (QED) is 0.423. The highest BCUT2D eigenvalue weighted by atomic mass is 35.5. The van der Waals surface area contributed by atoms with Gasteiger partial charge in [-0.25, -0.2) is 4.39 Å². The lowest BCUT2D eigenvalue weighted by Gasteiger charge is -2.43. The molecule has 2 aliphatic heterocycles. The van der Waals surface area contributed by atoms with Crippen LogP contribution < -0.4 is 9.47 Å². The normalized spacial score (nSPS) is 32.7. The van der Waals surface area contributed by atoms with Gasteiger partial charge in [-0.3, -0.25) is 0 Å². The Hall–Kier alpha value is -2.46. The van der Waals surface area contributed by atoms with Crippen molar-refractivity contribution in [2.75, 3.05) is 13.2 Å². The van der Waals surface area contributed by atoms with Crippen molar-refractivity contribution in [1.29, 1.82) is 0 Å². The fraction of sp³-hybridized carbons (Fsp3) is 0.448. The molecule has 1 fully saturated rings. The predicted octanol–water partition coefficient (Wildman–Crippen LogP) is 3.05. The molecule has 0 spiro atoms. The maximum atomic E-state index is 14.0. The van der Waals surface area contributed by atoms with Crippen LogP contribution in [0.15, 0.2) is 65.2 Å². The number of para-hydroxylation sites is 1. The second-order valence-electron chi connectivity index (χ2n) is 10.5. The molecule has 2 unspecified atom stereocenters. The van der Waals surface area contributed by atoms with Crippen molar-refractivity contribution in [2.45, 2.75) is 62.3 Å². The van der Waals surface area contributed by atoms with Gasteiger partial charge in [-0.2, -0.15) is 0 Å². The van der Waals surface area contributed by atoms with Crippen LogP contribution in [0.3, 0.4) is 0 Å². The molecule has 1 aliphatic carbocycles. The van der Waals surface area contributed by atoms with Gasteiger partial charge < -0.3 is 34.6 Å². The lowest BCUT2D eigenvalue weighted by molar-refractivity contribution is -0.237. The highest BCUT2D eigenvalue weighted by Gasteiger charge is 2.46. The maximum absolute atomic E-state index is 14.0. The smallest absolute Gasteiger partial charge is 0.165 e. The first-order valence-electron chi connectivity index (χ1n) is 12.7. The monoisotopic (exact) mass is 546 g/mol. The van der Waals surface area contributed by atoms with E-state index in [4.69, 9.17) is 25.8 Å². The predicted molar refractivity (Wildman–Crippen MR) is 139 cm³/mol. The van der Waals surface area contributed by atoms with E-state index in [9.17, 15) is 24.8 Å². The number of aliphatic hydroxyl groups is 4. The van der Waals surface area contributed by atoms with E-state index in [2.05, 4.69) is 0 Å². The molecule has 1 saturated heterocycles. The van der Waals surface area contributed by atoms with Crippen LogP contribution in [0.2, 0.25) is 0 Å². The summed E-state index contributed by atoms with van der Waals surface area (Å²) in [5.41, 5.74) is 2.12. The zero-order chi connectivity index (χ0) is 27.0. The van der Waals surface area contributed by atoms with Crippen molar-refractivity contribution in [1.82, 2.24) is 0 Å². The minimum Gasteiger partial charge on any atom is -0.489 e. The van der Waals surface area contributed by atoms with E-state index in [0.717, 1.165) is 16.7 Å². The third-order valence-electron chi connectivity index (χ3n) is 7.51. The fourth-order valence-electron chi connectivity index (χ4n) is 5.40. The largest absolute Gasteiger partial charge is 0.489 e. The average Bonchev–Trinajstić information content (AvgIpc) is 3.26. The van der Waals surface area contributed by atoms with E-state index < -0.39 is 42.7 Å². The Bertz CT molecular complexity index is 1210. The van der Waals surface area contributed by atoms with Gasteiger partial charge in [0.25, 0.3) is 0 Å². The van der Waals surface area contributed by atoms with Crippen LogP contribution in [0.4, 0.5) is 4.39 Å². The van der Waals surface area contributed by atoms with Gasteiger partial charge in [0, 0.05) is 22.9 Å². The van der Waals surface area contributed by atoms with Crippen LogP contribution in [0.1, 0.15) is 24.5 Å². The summed E-state index contributed by atoms with van der Waals surface area (Å²) in [5.74, 6) is 0.303. The number of fused-ring (bicyclic) bond motifs is 1. The Labute approximate surface area is 225 Å². The first kappa shape index (κ1) is 27.1. The molecule has 7 atom stereocenters. The van der Waals surface area contributed by atoms with Crippen LogP contribution in [-0.2, 0) is 17.6 Å². The van der Waals surface area contributed by atoms with Crippen LogP contribution in [-0.4, -0.2) is 69.8 Å². The Morgan fingerprint density at radius 1 is 1.08 bits per heavy atom. The van der Waals surface area contributed by atoms with Gasteiger partial charge >= 0.3 is 0 Å². The highest BCUT2D eigenvalue weighted by Crippen LogP contribution is 2.38. The minimum atomic E-state index is -1.42. The molecule has 2 heterocycles. The van der Waals surface area contributed by atoms with Crippen LogP contribution in [0.5, 0.6) is 11.5 Å². The first-order valence-corrected chi connectivity index (χ1v) is 13.1. The third kappa shape index (κ3) is 5.47. The second kappa shape index (κ2) is 11.0. The number of ether oxygens (including phenoxy) is 3. The van der Waals surface area contributed by atoms with Crippen molar-refractivity contribution < 1.29 is 39.0 Å². The molecular weight excluding hydrogens is 515 g/mol. The molecule has 204 valence electrons. The molecule has 0 radical (unpaired) electrons. The van der Waals surface area contributed by atoms with E-state index in [0.29, 0.717) is 35.8 Å². The molecule has 4 N–H and O–H groups in total. The number of rotatable bonds is 7. The van der Waals surface area contributed by atoms with E-state index in [1.165, 1.54) is 6.07 Å². The van der Waals surface area contributed by atoms with Crippen LogP contribution >= 0.6 is 11.6 Å². The number of aliphatic hydroxyl groups excluding tert-OH is 4.